The molecule has 0 bridgehead atoms. The Bertz CT molecular complexity index is 618. The standard InChI is InChI=1S/C15H17N3O3S/c19-13(16-17-5-7-21-8-6-17)12-9-22-15-11-4-2-1-3-10(11)14(20)18(12)15/h1-4,12,15H,5-9H2,(H,16,19)/t12-,15-/m1/s1. The number of fused-ring (bicyclic) bond motifs is 3. The molecule has 0 radical (unpaired) electrons. The molecule has 4 rings (SSSR count). The SMILES string of the molecule is O=C(NN1CCOCC1)[C@H]1CS[C@@H]2c3ccccc3C(=O)N12. The average molecular weight is 319 g/mol. The van der Waals surface area contributed by atoms with Crippen molar-refractivity contribution in [3.05, 3.63) is 35.4 Å². The van der Waals surface area contributed by atoms with Gasteiger partial charge in [0.25, 0.3) is 11.8 Å². The molecule has 1 N–H and O–H groups in total. The molecule has 1 aromatic carbocycles. The Morgan fingerprint density at radius 2 is 2.05 bits per heavy atom. The summed E-state index contributed by atoms with van der Waals surface area (Å²) in [6.07, 6.45) is 0. The number of hydrazine groups is 1. The number of benzene rings is 1. The van der Waals surface area contributed by atoms with E-state index in [4.69, 9.17) is 4.74 Å². The van der Waals surface area contributed by atoms with Gasteiger partial charge in [0.15, 0.2) is 0 Å². The van der Waals surface area contributed by atoms with Crippen molar-refractivity contribution in [2.24, 2.45) is 0 Å². The summed E-state index contributed by atoms with van der Waals surface area (Å²) in [5, 5.41) is 1.85. The van der Waals surface area contributed by atoms with Crippen molar-refractivity contribution < 1.29 is 14.3 Å². The monoisotopic (exact) mass is 319 g/mol. The number of rotatable bonds is 2. The van der Waals surface area contributed by atoms with Gasteiger partial charge < -0.3 is 9.64 Å². The third-order valence-electron chi connectivity index (χ3n) is 4.27. The Morgan fingerprint density at radius 1 is 1.27 bits per heavy atom. The molecule has 2 fully saturated rings. The lowest BCUT2D eigenvalue weighted by atomic mass is 10.1. The summed E-state index contributed by atoms with van der Waals surface area (Å²) in [5.41, 5.74) is 4.68. The lowest BCUT2D eigenvalue weighted by Crippen LogP contribution is -2.54. The number of thioether (sulfide) groups is 1. The molecule has 0 spiro atoms. The molecule has 1 aromatic rings. The van der Waals surface area contributed by atoms with Gasteiger partial charge in [-0.25, -0.2) is 5.01 Å². The molecule has 3 heterocycles. The lowest BCUT2D eigenvalue weighted by Gasteiger charge is -2.30. The zero-order valence-electron chi connectivity index (χ0n) is 12.0. The molecular formula is C15H17N3O3S. The van der Waals surface area contributed by atoms with Crippen LogP contribution in [0.25, 0.3) is 0 Å². The van der Waals surface area contributed by atoms with Crippen LogP contribution in [0, 0.1) is 0 Å². The molecule has 3 aliphatic rings. The number of hydrogen-bond acceptors (Lipinski definition) is 5. The summed E-state index contributed by atoms with van der Waals surface area (Å²) in [5.74, 6) is 0.506. The van der Waals surface area contributed by atoms with E-state index in [-0.39, 0.29) is 17.2 Å². The molecule has 7 heteroatoms. The minimum absolute atomic E-state index is 0.0239. The second-order valence-corrected chi connectivity index (χ2v) is 6.69. The number of morpholine rings is 1. The highest BCUT2D eigenvalue weighted by atomic mass is 32.2. The van der Waals surface area contributed by atoms with Gasteiger partial charge >= 0.3 is 0 Å². The summed E-state index contributed by atoms with van der Waals surface area (Å²) in [7, 11) is 0. The summed E-state index contributed by atoms with van der Waals surface area (Å²) >= 11 is 1.66. The molecule has 2 amide bonds. The number of carbonyl (C=O) groups is 2. The van der Waals surface area contributed by atoms with Gasteiger partial charge in [0, 0.05) is 24.4 Å². The van der Waals surface area contributed by atoms with Crippen LogP contribution < -0.4 is 5.43 Å². The maximum atomic E-state index is 12.6. The second-order valence-electron chi connectivity index (χ2n) is 5.58. The largest absolute Gasteiger partial charge is 0.379 e. The van der Waals surface area contributed by atoms with Crippen LogP contribution in [0.3, 0.4) is 0 Å². The molecular weight excluding hydrogens is 302 g/mol. The van der Waals surface area contributed by atoms with Gasteiger partial charge in [-0.3, -0.25) is 15.0 Å². The van der Waals surface area contributed by atoms with E-state index in [0.717, 1.165) is 11.1 Å². The summed E-state index contributed by atoms with van der Waals surface area (Å²) in [6.45, 7) is 2.61. The molecule has 0 unspecified atom stereocenters. The number of carbonyl (C=O) groups excluding carboxylic acids is 2. The maximum Gasteiger partial charge on any atom is 0.257 e. The predicted octanol–water partition coefficient (Wildman–Crippen LogP) is 0.620. The summed E-state index contributed by atoms with van der Waals surface area (Å²) < 4.78 is 5.27. The third kappa shape index (κ3) is 2.20. The fourth-order valence-corrected chi connectivity index (χ4v) is 4.61. The second kappa shape index (κ2) is 5.57. The lowest BCUT2D eigenvalue weighted by molar-refractivity contribution is -0.131. The summed E-state index contributed by atoms with van der Waals surface area (Å²) in [4.78, 5) is 26.9. The summed E-state index contributed by atoms with van der Waals surface area (Å²) in [6, 6.07) is 7.22. The molecule has 6 nitrogen and oxygen atoms in total. The van der Waals surface area contributed by atoms with E-state index < -0.39 is 6.04 Å². The zero-order chi connectivity index (χ0) is 15.1. The van der Waals surface area contributed by atoms with Crippen molar-refractivity contribution in [2.75, 3.05) is 32.1 Å². The Balaban J connectivity index is 1.51. The number of nitrogens with one attached hydrogen (secondary N) is 1. The number of ether oxygens (including phenoxy) is 1. The molecule has 2 saturated heterocycles. The van der Waals surface area contributed by atoms with Gasteiger partial charge in [0.2, 0.25) is 0 Å². The smallest absolute Gasteiger partial charge is 0.257 e. The Kier molecular flexibility index (Phi) is 3.56. The van der Waals surface area contributed by atoms with Gasteiger partial charge in [-0.15, -0.1) is 11.8 Å². The quantitative estimate of drug-likeness (QED) is 0.866. The van der Waals surface area contributed by atoms with E-state index in [2.05, 4.69) is 5.43 Å². The minimum atomic E-state index is -0.405. The fraction of sp³-hybridized carbons (Fsp3) is 0.467. The van der Waals surface area contributed by atoms with Gasteiger partial charge in [-0.2, -0.15) is 0 Å². The van der Waals surface area contributed by atoms with E-state index in [1.54, 1.807) is 16.7 Å². The first-order valence-corrected chi connectivity index (χ1v) is 8.47. The van der Waals surface area contributed by atoms with Crippen LogP contribution in [0.5, 0.6) is 0 Å². The maximum absolute atomic E-state index is 12.6. The first-order valence-electron chi connectivity index (χ1n) is 7.42. The molecule has 116 valence electrons. The fourth-order valence-electron chi connectivity index (χ4n) is 3.15. The van der Waals surface area contributed by atoms with Gasteiger partial charge in [0.1, 0.15) is 11.4 Å². The average Bonchev–Trinajstić information content (AvgIpc) is 3.10. The Morgan fingerprint density at radius 3 is 2.86 bits per heavy atom. The van der Waals surface area contributed by atoms with Crippen molar-refractivity contribution >= 4 is 23.6 Å². The molecule has 22 heavy (non-hydrogen) atoms. The normalized spacial score (nSPS) is 27.6. The van der Waals surface area contributed by atoms with E-state index in [1.165, 1.54) is 0 Å². The minimum Gasteiger partial charge on any atom is -0.379 e. The highest BCUT2D eigenvalue weighted by Gasteiger charge is 2.48. The molecule has 0 aliphatic carbocycles. The van der Waals surface area contributed by atoms with Crippen molar-refractivity contribution in [1.82, 2.24) is 15.3 Å². The van der Waals surface area contributed by atoms with Gasteiger partial charge in [-0.05, 0) is 11.6 Å². The topological polar surface area (TPSA) is 61.9 Å². The Labute approximate surface area is 132 Å². The van der Waals surface area contributed by atoms with Crippen molar-refractivity contribution in [3.8, 4) is 0 Å². The van der Waals surface area contributed by atoms with E-state index >= 15 is 0 Å². The van der Waals surface area contributed by atoms with Crippen LogP contribution in [-0.2, 0) is 9.53 Å². The van der Waals surface area contributed by atoms with Crippen molar-refractivity contribution in [1.29, 1.82) is 0 Å². The van der Waals surface area contributed by atoms with Gasteiger partial charge in [0.05, 0.1) is 13.2 Å². The first-order chi connectivity index (χ1) is 10.8. The molecule has 0 saturated carbocycles. The first kappa shape index (κ1) is 14.0. The molecule has 2 atom stereocenters. The van der Waals surface area contributed by atoms with Crippen LogP contribution in [0.15, 0.2) is 24.3 Å². The zero-order valence-corrected chi connectivity index (χ0v) is 12.8. The molecule has 0 aromatic heterocycles. The van der Waals surface area contributed by atoms with Crippen LogP contribution in [0.2, 0.25) is 0 Å². The van der Waals surface area contributed by atoms with E-state index in [0.29, 0.717) is 32.1 Å². The number of amides is 2. The van der Waals surface area contributed by atoms with Crippen LogP contribution >= 0.6 is 11.8 Å². The third-order valence-corrected chi connectivity index (χ3v) is 5.58. The van der Waals surface area contributed by atoms with E-state index in [1.807, 2.05) is 29.3 Å². The van der Waals surface area contributed by atoms with Crippen LogP contribution in [0.4, 0.5) is 0 Å². The van der Waals surface area contributed by atoms with E-state index in [9.17, 15) is 9.59 Å². The van der Waals surface area contributed by atoms with Crippen LogP contribution in [0.1, 0.15) is 21.3 Å². The number of hydrogen-bond donors (Lipinski definition) is 1. The van der Waals surface area contributed by atoms with Crippen molar-refractivity contribution in [3.63, 3.8) is 0 Å². The van der Waals surface area contributed by atoms with Crippen LogP contribution in [-0.4, -0.2) is 59.8 Å². The number of nitrogens with zero attached hydrogens (tertiary/aromatic N) is 2. The highest BCUT2D eigenvalue weighted by Crippen LogP contribution is 2.47. The van der Waals surface area contributed by atoms with Gasteiger partial charge in [-0.1, -0.05) is 18.2 Å². The highest BCUT2D eigenvalue weighted by molar-refractivity contribution is 7.99. The Hall–Kier alpha value is -1.57. The van der Waals surface area contributed by atoms with Crippen molar-refractivity contribution in [2.45, 2.75) is 11.4 Å². The molecule has 3 aliphatic heterocycles. The predicted molar refractivity (Wildman–Crippen MR) is 82.1 cm³/mol.